The summed E-state index contributed by atoms with van der Waals surface area (Å²) in [6.45, 7) is 1.07. The molecule has 0 saturated heterocycles. The van der Waals surface area contributed by atoms with Crippen LogP contribution in [0.5, 0.6) is 0 Å². The van der Waals surface area contributed by atoms with Crippen LogP contribution >= 0.6 is 11.6 Å². The van der Waals surface area contributed by atoms with Gasteiger partial charge in [0, 0.05) is 18.3 Å². The van der Waals surface area contributed by atoms with E-state index < -0.39 is 0 Å². The minimum Gasteiger partial charge on any atom is -0.368 e. The van der Waals surface area contributed by atoms with Crippen LogP contribution in [0.25, 0.3) is 5.57 Å². The Morgan fingerprint density at radius 2 is 2.20 bits per heavy atom. The van der Waals surface area contributed by atoms with Gasteiger partial charge < -0.3 is 9.88 Å². The van der Waals surface area contributed by atoms with E-state index in [4.69, 9.17) is 16.9 Å². The molecule has 0 bridgehead atoms. The zero-order valence-corrected chi connectivity index (χ0v) is 14.8. The second-order valence-electron chi connectivity index (χ2n) is 7.00. The van der Waals surface area contributed by atoms with Gasteiger partial charge in [0.05, 0.1) is 28.8 Å². The molecule has 1 aromatic heterocycles. The Hall–Kier alpha value is -2.25. The number of anilines is 1. The standard InChI is InChI=1S/C20H21ClN4/c21-19-9-18(7-6-16(19)10-22)25(12-14-4-5-14)17-3-1-2-15(8-17)20-11-23-13-24-20/h2,6-7,9,11,13-14,17H,1,3-5,8,12H2,(H,23,24). The predicted molar refractivity (Wildman–Crippen MR) is 100 cm³/mol. The summed E-state index contributed by atoms with van der Waals surface area (Å²) < 4.78 is 0. The molecule has 1 heterocycles. The average Bonchev–Trinajstić information content (AvgIpc) is 3.29. The number of benzene rings is 1. The van der Waals surface area contributed by atoms with Gasteiger partial charge >= 0.3 is 0 Å². The van der Waals surface area contributed by atoms with E-state index >= 15 is 0 Å². The summed E-state index contributed by atoms with van der Waals surface area (Å²) in [6.07, 6.45) is 11.8. The number of rotatable bonds is 5. The van der Waals surface area contributed by atoms with E-state index in [1.54, 1.807) is 6.33 Å². The molecule has 1 aromatic carbocycles. The van der Waals surface area contributed by atoms with Crippen LogP contribution in [0.4, 0.5) is 5.69 Å². The molecule has 2 aromatic rings. The third kappa shape index (κ3) is 3.57. The number of nitriles is 1. The van der Waals surface area contributed by atoms with Crippen LogP contribution in [0.1, 0.15) is 43.4 Å². The van der Waals surface area contributed by atoms with Crippen molar-refractivity contribution in [2.75, 3.05) is 11.4 Å². The van der Waals surface area contributed by atoms with E-state index in [9.17, 15) is 0 Å². The lowest BCUT2D eigenvalue weighted by atomic mass is 9.91. The highest BCUT2D eigenvalue weighted by molar-refractivity contribution is 6.32. The van der Waals surface area contributed by atoms with Gasteiger partial charge in [-0.3, -0.25) is 0 Å². The number of halogens is 1. The number of hydrogen-bond acceptors (Lipinski definition) is 3. The Balaban J connectivity index is 1.60. The molecule has 4 rings (SSSR count). The van der Waals surface area contributed by atoms with Crippen LogP contribution in [-0.4, -0.2) is 22.6 Å². The van der Waals surface area contributed by atoms with Gasteiger partial charge in [0.2, 0.25) is 0 Å². The first-order valence-corrected chi connectivity index (χ1v) is 9.26. The number of allylic oxidation sites excluding steroid dienone is 1. The number of hydrogen-bond donors (Lipinski definition) is 1. The summed E-state index contributed by atoms with van der Waals surface area (Å²) in [5.74, 6) is 0.788. The lowest BCUT2D eigenvalue weighted by molar-refractivity contribution is 0.535. The summed E-state index contributed by atoms with van der Waals surface area (Å²) in [4.78, 5) is 9.89. The third-order valence-electron chi connectivity index (χ3n) is 5.19. The molecule has 1 atom stereocenters. The number of aromatic amines is 1. The van der Waals surface area contributed by atoms with Crippen LogP contribution in [0.2, 0.25) is 5.02 Å². The molecule has 0 spiro atoms. The second kappa shape index (κ2) is 6.93. The van der Waals surface area contributed by atoms with Gasteiger partial charge in [-0.15, -0.1) is 0 Å². The van der Waals surface area contributed by atoms with E-state index in [0.29, 0.717) is 16.6 Å². The minimum absolute atomic E-state index is 0.452. The van der Waals surface area contributed by atoms with Crippen molar-refractivity contribution >= 4 is 22.9 Å². The fourth-order valence-corrected chi connectivity index (χ4v) is 3.84. The van der Waals surface area contributed by atoms with E-state index in [1.165, 1.54) is 18.4 Å². The van der Waals surface area contributed by atoms with Gasteiger partial charge in [0.15, 0.2) is 0 Å². The molecule has 0 radical (unpaired) electrons. The SMILES string of the molecule is N#Cc1ccc(N(CC2CC2)C2CCC=C(c3cnc[nH]3)C2)cc1Cl. The van der Waals surface area contributed by atoms with E-state index in [0.717, 1.165) is 43.1 Å². The van der Waals surface area contributed by atoms with Crippen LogP contribution in [0.3, 0.4) is 0 Å². The summed E-state index contributed by atoms with van der Waals surface area (Å²) >= 11 is 6.30. The number of nitrogens with zero attached hydrogens (tertiary/aromatic N) is 3. The molecule has 1 fully saturated rings. The van der Waals surface area contributed by atoms with Gasteiger partial charge in [-0.1, -0.05) is 17.7 Å². The van der Waals surface area contributed by atoms with Crippen LogP contribution in [0.15, 0.2) is 36.8 Å². The van der Waals surface area contributed by atoms with Crippen molar-refractivity contribution < 1.29 is 0 Å². The lowest BCUT2D eigenvalue weighted by Gasteiger charge is -2.36. The normalized spacial score (nSPS) is 20.0. The van der Waals surface area contributed by atoms with E-state index in [2.05, 4.69) is 27.0 Å². The Bertz CT molecular complexity index is 815. The van der Waals surface area contributed by atoms with Gasteiger partial charge in [-0.25, -0.2) is 4.98 Å². The van der Waals surface area contributed by atoms with Gasteiger partial charge in [-0.2, -0.15) is 5.26 Å². The van der Waals surface area contributed by atoms with Crippen LogP contribution < -0.4 is 4.90 Å². The van der Waals surface area contributed by atoms with Crippen molar-refractivity contribution in [3.05, 3.63) is 53.1 Å². The molecule has 1 N–H and O–H groups in total. The molecule has 128 valence electrons. The third-order valence-corrected chi connectivity index (χ3v) is 5.50. The lowest BCUT2D eigenvalue weighted by Crippen LogP contribution is -2.38. The average molecular weight is 353 g/mol. The van der Waals surface area contributed by atoms with Crippen LogP contribution in [-0.2, 0) is 0 Å². The second-order valence-corrected chi connectivity index (χ2v) is 7.41. The number of H-pyrrole nitrogens is 1. The first kappa shape index (κ1) is 16.2. The van der Waals surface area contributed by atoms with Crippen molar-refractivity contribution in [2.45, 2.75) is 38.1 Å². The summed E-state index contributed by atoms with van der Waals surface area (Å²) in [5, 5.41) is 9.67. The fraction of sp³-hybridized carbons (Fsp3) is 0.400. The van der Waals surface area contributed by atoms with E-state index in [1.807, 2.05) is 24.4 Å². The largest absolute Gasteiger partial charge is 0.368 e. The molecule has 0 amide bonds. The topological polar surface area (TPSA) is 55.7 Å². The molecule has 1 saturated carbocycles. The first-order chi connectivity index (χ1) is 12.2. The highest BCUT2D eigenvalue weighted by atomic mass is 35.5. The first-order valence-electron chi connectivity index (χ1n) is 8.88. The molecule has 4 nitrogen and oxygen atoms in total. The van der Waals surface area contributed by atoms with Gasteiger partial charge in [-0.05, 0) is 61.8 Å². The van der Waals surface area contributed by atoms with Gasteiger partial charge in [0.25, 0.3) is 0 Å². The fourth-order valence-electron chi connectivity index (χ4n) is 3.62. The van der Waals surface area contributed by atoms with Crippen molar-refractivity contribution in [3.63, 3.8) is 0 Å². The monoisotopic (exact) mass is 352 g/mol. The quantitative estimate of drug-likeness (QED) is 0.841. The highest BCUT2D eigenvalue weighted by Crippen LogP contribution is 2.37. The minimum atomic E-state index is 0.452. The smallest absolute Gasteiger partial charge is 0.101 e. The van der Waals surface area contributed by atoms with Crippen molar-refractivity contribution in [2.24, 2.45) is 5.92 Å². The number of aromatic nitrogens is 2. The van der Waals surface area contributed by atoms with Gasteiger partial charge in [0.1, 0.15) is 6.07 Å². The highest BCUT2D eigenvalue weighted by Gasteiger charge is 2.30. The molecule has 0 aliphatic heterocycles. The number of nitrogens with one attached hydrogen (secondary N) is 1. The summed E-state index contributed by atoms with van der Waals surface area (Å²) in [5.41, 5.74) is 4.13. The molecule has 1 unspecified atom stereocenters. The molecule has 25 heavy (non-hydrogen) atoms. The Labute approximate surface area is 153 Å². The Morgan fingerprint density at radius 1 is 1.32 bits per heavy atom. The maximum Gasteiger partial charge on any atom is 0.101 e. The molecule has 5 heteroatoms. The maximum atomic E-state index is 9.13. The van der Waals surface area contributed by atoms with Crippen molar-refractivity contribution in [3.8, 4) is 6.07 Å². The predicted octanol–water partition coefficient (Wildman–Crippen LogP) is 4.79. The summed E-state index contributed by atoms with van der Waals surface area (Å²) in [7, 11) is 0. The molecular weight excluding hydrogens is 332 g/mol. The molecule has 2 aliphatic rings. The molecule has 2 aliphatic carbocycles. The summed E-state index contributed by atoms with van der Waals surface area (Å²) in [6, 6.07) is 8.44. The zero-order chi connectivity index (χ0) is 17.2. The van der Waals surface area contributed by atoms with Crippen molar-refractivity contribution in [1.82, 2.24) is 9.97 Å². The van der Waals surface area contributed by atoms with E-state index in [-0.39, 0.29) is 0 Å². The maximum absolute atomic E-state index is 9.13. The Morgan fingerprint density at radius 3 is 2.88 bits per heavy atom. The molecular formula is C20H21ClN4. The number of imidazole rings is 1. The van der Waals surface area contributed by atoms with Crippen molar-refractivity contribution in [1.29, 1.82) is 5.26 Å². The van der Waals surface area contributed by atoms with Crippen LogP contribution in [0, 0.1) is 17.2 Å². The zero-order valence-electron chi connectivity index (χ0n) is 14.1. The Kier molecular flexibility index (Phi) is 4.50.